The van der Waals surface area contributed by atoms with Crippen molar-refractivity contribution in [1.82, 2.24) is 4.90 Å². The fourth-order valence-electron chi connectivity index (χ4n) is 3.08. The maximum atomic E-state index is 14.6. The van der Waals surface area contributed by atoms with Gasteiger partial charge in [0.2, 0.25) is 5.78 Å². The molecular weight excluding hydrogens is 356 g/mol. The zero-order chi connectivity index (χ0) is 20.0. The maximum absolute atomic E-state index is 14.6. The summed E-state index contributed by atoms with van der Waals surface area (Å²) in [6.07, 6.45) is 2.37. The first-order valence-electron chi connectivity index (χ1n) is 9.10. The van der Waals surface area contributed by atoms with Gasteiger partial charge in [-0.3, -0.25) is 4.79 Å². The van der Waals surface area contributed by atoms with Crippen LogP contribution in [0.2, 0.25) is 0 Å². The second-order valence-corrected chi connectivity index (χ2v) is 6.47. The Morgan fingerprint density at radius 2 is 1.81 bits per heavy atom. The molecule has 1 aromatic carbocycles. The topological polar surface area (TPSA) is 55.8 Å². The number of Topliss-reactive ketones (excluding diaryl/α,β-unsaturated/α-hetero) is 1. The summed E-state index contributed by atoms with van der Waals surface area (Å²) < 4.78 is 39.1. The molecule has 0 bridgehead atoms. The predicted molar refractivity (Wildman–Crippen MR) is 96.5 cm³/mol. The summed E-state index contributed by atoms with van der Waals surface area (Å²) in [5.41, 5.74) is -0.712. The number of hydrogen-bond acceptors (Lipinski definition) is 5. The predicted octanol–water partition coefficient (Wildman–Crippen LogP) is 3.44. The molecule has 0 saturated carbocycles. The Labute approximate surface area is 157 Å². The smallest absolute Gasteiger partial charge is 0.345 e. The number of benzene rings is 1. The maximum Gasteiger partial charge on any atom is 0.345 e. The summed E-state index contributed by atoms with van der Waals surface area (Å²) in [4.78, 5) is 26.7. The molecule has 0 N–H and O–H groups in total. The van der Waals surface area contributed by atoms with Crippen molar-refractivity contribution in [2.75, 3.05) is 33.4 Å². The van der Waals surface area contributed by atoms with E-state index in [1.165, 1.54) is 0 Å². The van der Waals surface area contributed by atoms with Gasteiger partial charge in [0.1, 0.15) is 23.5 Å². The first-order valence-corrected chi connectivity index (χ1v) is 9.10. The lowest BCUT2D eigenvalue weighted by molar-refractivity contribution is -0.138. The monoisotopic (exact) mass is 381 g/mol. The van der Waals surface area contributed by atoms with E-state index in [0.717, 1.165) is 44.3 Å². The molecule has 7 heteroatoms. The van der Waals surface area contributed by atoms with Gasteiger partial charge in [0.05, 0.1) is 18.8 Å². The lowest BCUT2D eigenvalue weighted by atomic mass is 9.88. The van der Waals surface area contributed by atoms with Crippen molar-refractivity contribution in [3.05, 3.63) is 46.7 Å². The molecule has 1 saturated heterocycles. The third-order valence-electron chi connectivity index (χ3n) is 4.60. The molecule has 1 fully saturated rings. The molecule has 1 aromatic rings. The molecule has 0 aromatic heterocycles. The molecule has 0 radical (unpaired) electrons. The van der Waals surface area contributed by atoms with Gasteiger partial charge in [0.15, 0.2) is 0 Å². The lowest BCUT2D eigenvalue weighted by Crippen LogP contribution is -2.29. The van der Waals surface area contributed by atoms with Gasteiger partial charge < -0.3 is 14.4 Å². The van der Waals surface area contributed by atoms with E-state index in [1.54, 1.807) is 13.8 Å². The summed E-state index contributed by atoms with van der Waals surface area (Å²) in [6.45, 7) is 5.11. The van der Waals surface area contributed by atoms with Gasteiger partial charge in [-0.1, -0.05) is 0 Å². The lowest BCUT2D eigenvalue weighted by Gasteiger charge is -2.29. The van der Waals surface area contributed by atoms with Crippen molar-refractivity contribution >= 4 is 11.8 Å². The van der Waals surface area contributed by atoms with Crippen molar-refractivity contribution in [1.29, 1.82) is 0 Å². The highest BCUT2D eigenvalue weighted by Gasteiger charge is 2.28. The molecule has 1 aliphatic heterocycles. The van der Waals surface area contributed by atoms with Crippen LogP contribution in [-0.2, 0) is 14.3 Å². The molecule has 0 unspecified atom stereocenters. The third kappa shape index (κ3) is 5.13. The fraction of sp³-hybridized carbons (Fsp3) is 0.500. The number of halogens is 2. The molecule has 1 aliphatic rings. The molecule has 1 heterocycles. The molecule has 0 spiro atoms. The summed E-state index contributed by atoms with van der Waals surface area (Å²) >= 11 is 0. The number of esters is 1. The molecule has 5 nitrogen and oxygen atoms in total. The average Bonchev–Trinajstić information content (AvgIpc) is 2.64. The first kappa shape index (κ1) is 21.0. The van der Waals surface area contributed by atoms with Crippen molar-refractivity contribution in [3.8, 4) is 0 Å². The van der Waals surface area contributed by atoms with E-state index in [2.05, 4.69) is 4.90 Å². The van der Waals surface area contributed by atoms with Crippen LogP contribution in [0, 0.1) is 11.6 Å². The highest BCUT2D eigenvalue weighted by molar-refractivity contribution is 6.24. The summed E-state index contributed by atoms with van der Waals surface area (Å²) in [5.74, 6) is -3.50. The second kappa shape index (κ2) is 9.60. The Bertz CT molecular complexity index is 725. The number of rotatable bonds is 7. The quantitative estimate of drug-likeness (QED) is 0.181. The van der Waals surface area contributed by atoms with Crippen molar-refractivity contribution in [3.63, 3.8) is 0 Å². The number of carbonyl (C=O) groups excluding carboxylic acids is 2. The number of hydrogen-bond donors (Lipinski definition) is 0. The van der Waals surface area contributed by atoms with Gasteiger partial charge in [0.25, 0.3) is 0 Å². The zero-order valence-electron chi connectivity index (χ0n) is 15.9. The van der Waals surface area contributed by atoms with Gasteiger partial charge in [-0.2, -0.15) is 0 Å². The van der Waals surface area contributed by atoms with Gasteiger partial charge in [-0.05, 0) is 70.4 Å². The van der Waals surface area contributed by atoms with Crippen molar-refractivity contribution in [2.24, 2.45) is 0 Å². The highest BCUT2D eigenvalue weighted by atomic mass is 19.1. The van der Waals surface area contributed by atoms with Crippen LogP contribution in [0.25, 0.3) is 0 Å². The number of likely N-dealkylation sites (tertiary alicyclic amines) is 1. The van der Waals surface area contributed by atoms with Crippen LogP contribution < -0.4 is 0 Å². The molecule has 0 atom stereocenters. The number of piperidine rings is 1. The van der Waals surface area contributed by atoms with Gasteiger partial charge in [0, 0.05) is 0 Å². The summed E-state index contributed by atoms with van der Waals surface area (Å²) in [6, 6.07) is 1.94. The van der Waals surface area contributed by atoms with Crippen molar-refractivity contribution in [2.45, 2.75) is 32.6 Å². The third-order valence-corrected chi connectivity index (χ3v) is 4.60. The van der Waals surface area contributed by atoms with E-state index in [0.29, 0.717) is 0 Å². The van der Waals surface area contributed by atoms with Crippen molar-refractivity contribution < 1.29 is 27.8 Å². The Morgan fingerprint density at radius 1 is 1.15 bits per heavy atom. The number of nitrogens with zero attached hydrogens (tertiary/aromatic N) is 1. The Morgan fingerprint density at radius 3 is 2.41 bits per heavy atom. The number of ether oxygens (including phenoxy) is 2. The van der Waals surface area contributed by atoms with Crippen LogP contribution in [0.5, 0.6) is 0 Å². The van der Waals surface area contributed by atoms with Crippen LogP contribution in [0.1, 0.15) is 48.5 Å². The van der Waals surface area contributed by atoms with E-state index in [9.17, 15) is 18.4 Å². The standard InChI is InChI=1S/C20H25F2NO4/c1-4-26-12-16(20(25)27-5-2)19(24)15-11-17(21)14(10-18(15)22)13-6-8-23(3)9-7-13/h10-13H,4-9H2,1-3H3. The van der Waals surface area contributed by atoms with E-state index < -0.39 is 34.5 Å². The van der Waals surface area contributed by atoms with Gasteiger partial charge in [-0.15, -0.1) is 0 Å². The van der Waals surface area contributed by atoms with E-state index in [4.69, 9.17) is 9.47 Å². The van der Waals surface area contributed by atoms with E-state index in [1.807, 2.05) is 7.05 Å². The first-order chi connectivity index (χ1) is 12.9. The molecule has 148 valence electrons. The Balaban J connectivity index is 2.32. The van der Waals surface area contributed by atoms with Crippen LogP contribution >= 0.6 is 0 Å². The minimum absolute atomic E-state index is 0.0431. The minimum atomic E-state index is -0.965. The molecule has 0 amide bonds. The van der Waals surface area contributed by atoms with Crippen LogP contribution in [0.15, 0.2) is 24.0 Å². The van der Waals surface area contributed by atoms with E-state index in [-0.39, 0.29) is 24.7 Å². The Hall–Kier alpha value is -2.28. The number of ketones is 1. The van der Waals surface area contributed by atoms with Gasteiger partial charge in [-0.25, -0.2) is 13.6 Å². The summed E-state index contributed by atoms with van der Waals surface area (Å²) in [7, 11) is 1.98. The minimum Gasteiger partial charge on any atom is -0.500 e. The SMILES string of the molecule is CCOC=C(C(=O)OCC)C(=O)c1cc(F)c(C2CCN(C)CC2)cc1F. The Kier molecular flexibility index (Phi) is 7.47. The van der Waals surface area contributed by atoms with Crippen LogP contribution in [-0.4, -0.2) is 50.0 Å². The summed E-state index contributed by atoms with van der Waals surface area (Å²) in [5, 5.41) is 0. The average molecular weight is 381 g/mol. The fourth-order valence-corrected chi connectivity index (χ4v) is 3.08. The normalized spacial score (nSPS) is 16.3. The van der Waals surface area contributed by atoms with Crippen LogP contribution in [0.4, 0.5) is 8.78 Å². The molecule has 27 heavy (non-hydrogen) atoms. The van der Waals surface area contributed by atoms with E-state index >= 15 is 0 Å². The number of carbonyl (C=O) groups is 2. The highest BCUT2D eigenvalue weighted by Crippen LogP contribution is 2.31. The molecular formula is C20H25F2NO4. The zero-order valence-corrected chi connectivity index (χ0v) is 15.9. The molecule has 0 aliphatic carbocycles. The van der Waals surface area contributed by atoms with Crippen LogP contribution in [0.3, 0.4) is 0 Å². The molecule has 2 rings (SSSR count). The largest absolute Gasteiger partial charge is 0.500 e. The van der Waals surface area contributed by atoms with Gasteiger partial charge >= 0.3 is 5.97 Å². The second-order valence-electron chi connectivity index (χ2n) is 6.47.